The van der Waals surface area contributed by atoms with E-state index in [9.17, 15) is 4.79 Å². The summed E-state index contributed by atoms with van der Waals surface area (Å²) in [6.45, 7) is 1.73. The quantitative estimate of drug-likeness (QED) is 0.537. The third-order valence-electron chi connectivity index (χ3n) is 4.87. The minimum atomic E-state index is 0.0198. The summed E-state index contributed by atoms with van der Waals surface area (Å²) in [5.74, 6) is 1.56. The standard InChI is InChI=1S/C21H17N5OS/c27-21(16-8-6-15(7-9-16)18-5-3-13-28-18)25-11-12-26-19(14-25)23-24-20(26)17-4-1-2-10-22-17/h1-10,13H,11-12,14H2. The van der Waals surface area contributed by atoms with Gasteiger partial charge in [0.05, 0.1) is 6.54 Å². The van der Waals surface area contributed by atoms with Crippen molar-refractivity contribution in [3.63, 3.8) is 0 Å². The number of carbonyl (C=O) groups excluding carboxylic acids is 1. The van der Waals surface area contributed by atoms with E-state index >= 15 is 0 Å². The topological polar surface area (TPSA) is 63.9 Å². The lowest BCUT2D eigenvalue weighted by atomic mass is 10.1. The Kier molecular flexibility index (Phi) is 4.21. The van der Waals surface area contributed by atoms with Crippen LogP contribution < -0.4 is 0 Å². The normalized spacial score (nSPS) is 13.4. The molecule has 1 aliphatic heterocycles. The highest BCUT2D eigenvalue weighted by atomic mass is 32.1. The fourth-order valence-electron chi connectivity index (χ4n) is 3.42. The van der Waals surface area contributed by atoms with Gasteiger partial charge in [-0.25, -0.2) is 0 Å². The zero-order valence-electron chi connectivity index (χ0n) is 15.0. The highest BCUT2D eigenvalue weighted by molar-refractivity contribution is 7.13. The molecule has 0 spiro atoms. The Morgan fingerprint density at radius 2 is 1.86 bits per heavy atom. The van der Waals surface area contributed by atoms with Crippen LogP contribution in [0.1, 0.15) is 16.2 Å². The van der Waals surface area contributed by atoms with Crippen LogP contribution >= 0.6 is 11.3 Å². The van der Waals surface area contributed by atoms with Gasteiger partial charge in [-0.3, -0.25) is 9.78 Å². The molecule has 0 unspecified atom stereocenters. The maximum Gasteiger partial charge on any atom is 0.254 e. The van der Waals surface area contributed by atoms with E-state index in [0.29, 0.717) is 25.2 Å². The molecule has 5 rings (SSSR count). The first-order valence-electron chi connectivity index (χ1n) is 9.06. The van der Waals surface area contributed by atoms with Crippen molar-refractivity contribution in [2.75, 3.05) is 6.54 Å². The Hall–Kier alpha value is -3.32. The van der Waals surface area contributed by atoms with Crippen LogP contribution in [0.3, 0.4) is 0 Å². The third-order valence-corrected chi connectivity index (χ3v) is 5.79. The monoisotopic (exact) mass is 387 g/mol. The van der Waals surface area contributed by atoms with Crippen LogP contribution in [-0.2, 0) is 13.1 Å². The van der Waals surface area contributed by atoms with Gasteiger partial charge in [-0.2, -0.15) is 0 Å². The predicted octanol–water partition coefficient (Wildman–Crippen LogP) is 3.72. The summed E-state index contributed by atoms with van der Waals surface area (Å²) in [5.41, 5.74) is 2.62. The first-order valence-corrected chi connectivity index (χ1v) is 9.94. The predicted molar refractivity (Wildman–Crippen MR) is 108 cm³/mol. The molecule has 1 aliphatic rings. The van der Waals surface area contributed by atoms with E-state index in [1.165, 1.54) is 4.88 Å². The molecule has 0 saturated heterocycles. The number of fused-ring (bicyclic) bond motifs is 1. The van der Waals surface area contributed by atoms with Crippen molar-refractivity contribution in [2.24, 2.45) is 0 Å². The first kappa shape index (κ1) is 16.8. The van der Waals surface area contributed by atoms with Gasteiger partial charge in [0.1, 0.15) is 5.69 Å². The summed E-state index contributed by atoms with van der Waals surface area (Å²) in [5, 5.41) is 10.6. The zero-order valence-corrected chi connectivity index (χ0v) is 15.8. The number of rotatable bonds is 3. The van der Waals surface area contributed by atoms with E-state index in [4.69, 9.17) is 0 Å². The minimum absolute atomic E-state index is 0.0198. The largest absolute Gasteiger partial charge is 0.329 e. The van der Waals surface area contributed by atoms with Crippen LogP contribution in [0.15, 0.2) is 66.2 Å². The molecular formula is C21H17N5OS. The van der Waals surface area contributed by atoms with E-state index in [1.807, 2.05) is 58.0 Å². The lowest BCUT2D eigenvalue weighted by molar-refractivity contribution is 0.0708. The Morgan fingerprint density at radius 3 is 2.61 bits per heavy atom. The molecule has 0 bridgehead atoms. The molecule has 4 aromatic rings. The number of benzene rings is 1. The van der Waals surface area contributed by atoms with Gasteiger partial charge >= 0.3 is 0 Å². The number of nitrogens with zero attached hydrogens (tertiary/aromatic N) is 5. The number of thiophene rings is 1. The molecule has 0 saturated carbocycles. The molecule has 4 heterocycles. The van der Waals surface area contributed by atoms with Gasteiger partial charge in [0.15, 0.2) is 11.6 Å². The summed E-state index contributed by atoms with van der Waals surface area (Å²) in [7, 11) is 0. The molecule has 28 heavy (non-hydrogen) atoms. The van der Waals surface area contributed by atoms with Gasteiger partial charge in [-0.05, 0) is 41.3 Å². The number of aromatic nitrogens is 4. The molecule has 0 aliphatic carbocycles. The first-order chi connectivity index (χ1) is 13.8. The molecule has 0 fully saturated rings. The van der Waals surface area contributed by atoms with Gasteiger partial charge in [-0.15, -0.1) is 21.5 Å². The Balaban J connectivity index is 1.35. The fourth-order valence-corrected chi connectivity index (χ4v) is 4.15. The van der Waals surface area contributed by atoms with E-state index in [0.717, 1.165) is 22.9 Å². The van der Waals surface area contributed by atoms with Crippen LogP contribution in [0.25, 0.3) is 22.0 Å². The summed E-state index contributed by atoms with van der Waals surface area (Å²) >= 11 is 1.69. The second kappa shape index (κ2) is 7.01. The molecule has 7 heteroatoms. The van der Waals surface area contributed by atoms with Gasteiger partial charge in [0.25, 0.3) is 5.91 Å². The SMILES string of the molecule is O=C(c1ccc(-c2cccs2)cc1)N1CCn2c(nnc2-c2ccccn2)C1. The smallest absolute Gasteiger partial charge is 0.254 e. The van der Waals surface area contributed by atoms with Crippen LogP contribution in [0.5, 0.6) is 0 Å². The van der Waals surface area contributed by atoms with Gasteiger partial charge < -0.3 is 9.47 Å². The zero-order chi connectivity index (χ0) is 18.9. The van der Waals surface area contributed by atoms with Crippen LogP contribution in [0.2, 0.25) is 0 Å². The lowest BCUT2D eigenvalue weighted by Gasteiger charge is -2.28. The number of amides is 1. The second-order valence-corrected chi connectivity index (χ2v) is 7.54. The number of carbonyl (C=O) groups is 1. The second-order valence-electron chi connectivity index (χ2n) is 6.59. The molecule has 3 aromatic heterocycles. The molecule has 1 aromatic carbocycles. The summed E-state index contributed by atoms with van der Waals surface area (Å²) in [4.78, 5) is 20.3. The van der Waals surface area contributed by atoms with Crippen molar-refractivity contribution in [1.29, 1.82) is 0 Å². The summed E-state index contributed by atoms with van der Waals surface area (Å²) in [6, 6.07) is 17.6. The van der Waals surface area contributed by atoms with E-state index in [2.05, 4.69) is 26.6 Å². The molecule has 138 valence electrons. The van der Waals surface area contributed by atoms with Crippen molar-refractivity contribution >= 4 is 17.2 Å². The van der Waals surface area contributed by atoms with Crippen molar-refractivity contribution in [3.05, 3.63) is 77.6 Å². The van der Waals surface area contributed by atoms with Gasteiger partial charge in [0, 0.05) is 29.7 Å². The molecule has 0 N–H and O–H groups in total. The van der Waals surface area contributed by atoms with Crippen LogP contribution in [-0.4, -0.2) is 37.1 Å². The van der Waals surface area contributed by atoms with E-state index in [-0.39, 0.29) is 5.91 Å². The Morgan fingerprint density at radius 1 is 0.964 bits per heavy atom. The van der Waals surface area contributed by atoms with Crippen LogP contribution in [0.4, 0.5) is 0 Å². The average molecular weight is 387 g/mol. The van der Waals surface area contributed by atoms with Gasteiger partial charge in [-0.1, -0.05) is 24.3 Å². The highest BCUT2D eigenvalue weighted by Gasteiger charge is 2.26. The van der Waals surface area contributed by atoms with Crippen molar-refractivity contribution in [3.8, 4) is 22.0 Å². The molecule has 6 nitrogen and oxygen atoms in total. The maximum absolute atomic E-state index is 12.9. The van der Waals surface area contributed by atoms with Gasteiger partial charge in [0.2, 0.25) is 0 Å². The van der Waals surface area contributed by atoms with Crippen molar-refractivity contribution < 1.29 is 4.79 Å². The summed E-state index contributed by atoms with van der Waals surface area (Å²) < 4.78 is 2.05. The fraction of sp³-hybridized carbons (Fsp3) is 0.143. The number of hydrogen-bond donors (Lipinski definition) is 0. The molecule has 1 amide bonds. The third kappa shape index (κ3) is 2.99. The Bertz CT molecular complexity index is 1100. The van der Waals surface area contributed by atoms with Crippen LogP contribution in [0, 0.1) is 0 Å². The van der Waals surface area contributed by atoms with Crippen molar-refractivity contribution in [2.45, 2.75) is 13.1 Å². The number of pyridine rings is 1. The van der Waals surface area contributed by atoms with E-state index < -0.39 is 0 Å². The minimum Gasteiger partial charge on any atom is -0.329 e. The maximum atomic E-state index is 12.9. The van der Waals surface area contributed by atoms with Crippen molar-refractivity contribution in [1.82, 2.24) is 24.6 Å². The molecular weight excluding hydrogens is 370 g/mol. The lowest BCUT2D eigenvalue weighted by Crippen LogP contribution is -2.38. The Labute approximate surface area is 166 Å². The highest BCUT2D eigenvalue weighted by Crippen LogP contribution is 2.26. The number of hydrogen-bond acceptors (Lipinski definition) is 5. The van der Waals surface area contributed by atoms with E-state index in [1.54, 1.807) is 17.5 Å². The average Bonchev–Trinajstić information content (AvgIpc) is 3.44. The molecule has 0 radical (unpaired) electrons. The molecule has 0 atom stereocenters. The summed E-state index contributed by atoms with van der Waals surface area (Å²) in [6.07, 6.45) is 1.75.